The molecule has 5 aliphatic rings. The molecule has 8 nitrogen and oxygen atoms in total. The molecule has 0 spiro atoms. The van der Waals surface area contributed by atoms with Crippen LogP contribution in [0.15, 0.2) is 23.8 Å². The average Bonchev–Trinajstić information content (AvgIpc) is 3.28. The maximum atomic E-state index is 18.3. The van der Waals surface area contributed by atoms with Gasteiger partial charge in [0.1, 0.15) is 13.0 Å². The fraction of sp³-hybridized carbons (Fsp3) is 0.828. The normalized spacial score (nSPS) is 44.3. The summed E-state index contributed by atoms with van der Waals surface area (Å²) in [5, 5.41) is 10.1. The lowest BCUT2D eigenvalue weighted by molar-refractivity contribution is -0.251. The largest absolute Gasteiger partial charge is 0.388 e. The minimum atomic E-state index is -3.64. The van der Waals surface area contributed by atoms with E-state index in [1.54, 1.807) is 27.7 Å². The van der Waals surface area contributed by atoms with E-state index in [4.69, 9.17) is 23.3 Å². The number of Topliss-reactive ketones (excluding diaryl/α,β-unsaturated/α-hetero) is 1. The number of hydrogen-bond acceptors (Lipinski definition) is 8. The molecule has 0 unspecified atom stereocenters. The van der Waals surface area contributed by atoms with Gasteiger partial charge in [0.05, 0.1) is 25.4 Å². The highest BCUT2D eigenvalue weighted by Crippen LogP contribution is 2.73. The minimum absolute atomic E-state index is 0.126. The summed E-state index contributed by atoms with van der Waals surface area (Å²) in [4.78, 5) is 13.6. The van der Waals surface area contributed by atoms with Crippen LogP contribution in [0, 0.1) is 22.7 Å². The maximum absolute atomic E-state index is 18.3. The van der Waals surface area contributed by atoms with Crippen molar-refractivity contribution in [1.29, 1.82) is 0 Å². The lowest BCUT2D eigenvalue weighted by atomic mass is 9.44. The average molecular weight is 571 g/mol. The number of fused-ring (bicyclic) bond motifs is 7. The zero-order valence-electron chi connectivity index (χ0n) is 24.0. The first-order valence-corrected chi connectivity index (χ1v) is 16.1. The van der Waals surface area contributed by atoms with Crippen LogP contribution in [0.2, 0.25) is 0 Å². The van der Waals surface area contributed by atoms with Crippen molar-refractivity contribution < 1.29 is 42.1 Å². The van der Waals surface area contributed by atoms with E-state index in [1.165, 1.54) is 0 Å². The van der Waals surface area contributed by atoms with Gasteiger partial charge in [0.15, 0.2) is 22.8 Å². The molecular formula is C29H44FO8P. The van der Waals surface area contributed by atoms with E-state index in [0.717, 1.165) is 18.4 Å². The van der Waals surface area contributed by atoms with Crippen molar-refractivity contribution in [3.05, 3.63) is 23.8 Å². The summed E-state index contributed by atoms with van der Waals surface area (Å²) in [6.45, 7) is 10.5. The molecule has 0 aromatic heterocycles. The van der Waals surface area contributed by atoms with Crippen LogP contribution in [-0.2, 0) is 32.6 Å². The van der Waals surface area contributed by atoms with Crippen LogP contribution in [-0.4, -0.2) is 66.3 Å². The fourth-order valence-electron chi connectivity index (χ4n) is 8.89. The Labute approximate surface area is 231 Å². The molecule has 1 heterocycles. The van der Waals surface area contributed by atoms with E-state index < -0.39 is 72.3 Å². The van der Waals surface area contributed by atoms with Crippen molar-refractivity contribution >= 4 is 13.4 Å². The number of halogens is 1. The molecule has 5 rings (SSSR count). The number of carbonyl (C=O) groups excluding carboxylic acids is 1. The molecule has 8 atom stereocenters. The molecule has 0 aromatic rings. The maximum Gasteiger partial charge on any atom is 0.356 e. The number of carbonyl (C=O) groups is 1. The first-order valence-electron chi connectivity index (χ1n) is 14.3. The van der Waals surface area contributed by atoms with Gasteiger partial charge in [-0.25, -0.2) is 4.39 Å². The van der Waals surface area contributed by atoms with Crippen molar-refractivity contribution in [3.63, 3.8) is 0 Å². The zero-order valence-corrected chi connectivity index (χ0v) is 24.9. The van der Waals surface area contributed by atoms with Crippen LogP contribution >= 0.6 is 7.60 Å². The van der Waals surface area contributed by atoms with Gasteiger partial charge in [0.2, 0.25) is 0 Å². The van der Waals surface area contributed by atoms with Crippen LogP contribution in [0.25, 0.3) is 0 Å². The van der Waals surface area contributed by atoms with E-state index in [2.05, 4.69) is 6.08 Å². The summed E-state index contributed by atoms with van der Waals surface area (Å²) in [5.74, 6) is -2.22. The first-order chi connectivity index (χ1) is 18.3. The van der Waals surface area contributed by atoms with E-state index in [0.29, 0.717) is 12.8 Å². The van der Waals surface area contributed by atoms with E-state index in [9.17, 15) is 14.5 Å². The Hall–Kier alpha value is -0.930. The highest BCUT2D eigenvalue weighted by Gasteiger charge is 2.80. The smallest absolute Gasteiger partial charge is 0.356 e. The van der Waals surface area contributed by atoms with Gasteiger partial charge in [-0.3, -0.25) is 9.36 Å². The van der Waals surface area contributed by atoms with Crippen LogP contribution in [0.4, 0.5) is 4.39 Å². The highest BCUT2D eigenvalue weighted by atomic mass is 31.2. The second kappa shape index (κ2) is 9.82. The number of rotatable bonds is 9. The molecule has 220 valence electrons. The molecule has 0 amide bonds. The molecular weight excluding hydrogens is 526 g/mol. The van der Waals surface area contributed by atoms with Gasteiger partial charge in [-0.05, 0) is 72.6 Å². The topological polar surface area (TPSA) is 101 Å². The van der Waals surface area contributed by atoms with E-state index >= 15 is 4.39 Å². The molecule has 0 radical (unpaired) electrons. The number of hydrogen-bond donors (Lipinski definition) is 1. The van der Waals surface area contributed by atoms with Crippen molar-refractivity contribution in [1.82, 2.24) is 0 Å². The third-order valence-corrected chi connectivity index (χ3v) is 12.1. The number of aliphatic hydroxyl groups is 1. The Morgan fingerprint density at radius 1 is 1.18 bits per heavy atom. The number of aliphatic hydroxyl groups excluding tert-OH is 1. The van der Waals surface area contributed by atoms with Gasteiger partial charge in [-0.1, -0.05) is 30.7 Å². The van der Waals surface area contributed by atoms with Crippen LogP contribution < -0.4 is 0 Å². The van der Waals surface area contributed by atoms with E-state index in [1.807, 2.05) is 26.0 Å². The van der Waals surface area contributed by atoms with Gasteiger partial charge in [0, 0.05) is 16.7 Å². The summed E-state index contributed by atoms with van der Waals surface area (Å²) in [6, 6.07) is 0. The third-order valence-electron chi connectivity index (χ3n) is 10.3. The molecule has 3 saturated carbocycles. The minimum Gasteiger partial charge on any atom is -0.388 e. The molecule has 4 fully saturated rings. The molecule has 1 N–H and O–H groups in total. The van der Waals surface area contributed by atoms with Crippen molar-refractivity contribution in [2.75, 3.05) is 26.2 Å². The standard InChI is InChI=1S/C29H44FO8P/c1-7-35-39(33,36-8-2)18-34-24-16-27(6)21(15-23-29(27,22(32)17-31)38-25(3,4)37-23)20-13-12-19-11-9-10-14-26(19,5)28(20,24)30/h10-11,14,20-21,23-24,31H,7-9,12-13,15-18H2,1-6H3/t20-,21-,23+,24-,26-,27-,28-,29+/m0/s1. The first kappa shape index (κ1) is 29.6. The lowest BCUT2D eigenvalue weighted by Gasteiger charge is -2.63. The quantitative estimate of drug-likeness (QED) is 0.287. The molecule has 1 saturated heterocycles. The van der Waals surface area contributed by atoms with Gasteiger partial charge in [-0.15, -0.1) is 0 Å². The van der Waals surface area contributed by atoms with Gasteiger partial charge in [-0.2, -0.15) is 0 Å². The molecule has 10 heteroatoms. The Morgan fingerprint density at radius 3 is 2.51 bits per heavy atom. The van der Waals surface area contributed by atoms with Gasteiger partial charge in [0.25, 0.3) is 0 Å². The number of alkyl halides is 1. The molecule has 0 bridgehead atoms. The third kappa shape index (κ3) is 4.05. The van der Waals surface area contributed by atoms with Crippen LogP contribution in [0.5, 0.6) is 0 Å². The summed E-state index contributed by atoms with van der Waals surface area (Å²) < 4.78 is 61.8. The monoisotopic (exact) mass is 570 g/mol. The Kier molecular flexibility index (Phi) is 7.45. The predicted octanol–water partition coefficient (Wildman–Crippen LogP) is 5.49. The summed E-state index contributed by atoms with van der Waals surface area (Å²) in [6.07, 6.45) is 6.69. The zero-order chi connectivity index (χ0) is 28.5. The summed E-state index contributed by atoms with van der Waals surface area (Å²) in [7, 11) is -3.64. The van der Waals surface area contributed by atoms with Crippen LogP contribution in [0.1, 0.15) is 73.6 Å². The molecule has 4 aliphatic carbocycles. The van der Waals surface area contributed by atoms with Gasteiger partial charge >= 0.3 is 7.60 Å². The van der Waals surface area contributed by atoms with Crippen LogP contribution in [0.3, 0.4) is 0 Å². The second-order valence-corrected chi connectivity index (χ2v) is 14.6. The Morgan fingerprint density at radius 2 is 1.87 bits per heavy atom. The van der Waals surface area contributed by atoms with Gasteiger partial charge < -0.3 is 28.4 Å². The highest BCUT2D eigenvalue weighted by molar-refractivity contribution is 7.53. The predicted molar refractivity (Wildman–Crippen MR) is 143 cm³/mol. The molecule has 39 heavy (non-hydrogen) atoms. The molecule has 1 aliphatic heterocycles. The summed E-state index contributed by atoms with van der Waals surface area (Å²) >= 11 is 0. The number of ketones is 1. The Balaban J connectivity index is 1.62. The lowest BCUT2D eigenvalue weighted by Crippen LogP contribution is -2.70. The van der Waals surface area contributed by atoms with E-state index in [-0.39, 0.29) is 25.6 Å². The number of ether oxygens (including phenoxy) is 3. The SMILES string of the molecule is CCOP(=O)(CO[C@H]1C[C@@]2(C)[C@@H](C[C@H]3OC(C)(C)O[C@]32C(=O)CO)[C@@H]2CCC3=CCC=C[C@]3(C)[C@@]12F)OCC. The molecule has 0 aromatic carbocycles. The summed E-state index contributed by atoms with van der Waals surface area (Å²) in [5.41, 5.74) is -4.06. The Bertz CT molecular complexity index is 1100. The fourth-order valence-corrected chi connectivity index (χ4v) is 10.3. The van der Waals surface area contributed by atoms with Crippen molar-refractivity contribution in [3.8, 4) is 0 Å². The van der Waals surface area contributed by atoms with Crippen molar-refractivity contribution in [2.45, 2.75) is 103 Å². The second-order valence-electron chi connectivity index (χ2n) is 12.6. The van der Waals surface area contributed by atoms with Crippen molar-refractivity contribution in [2.24, 2.45) is 22.7 Å². The number of allylic oxidation sites excluding steroid dienone is 4.